The molecule has 1 heterocycles. The molecular formula is C15H16ClN3O2. The zero-order chi connectivity index (χ0) is 15.8. The predicted molar refractivity (Wildman–Crippen MR) is 82.6 cm³/mol. The Balaban J connectivity index is 2.66. The average molecular weight is 306 g/mol. The van der Waals surface area contributed by atoms with Crippen LogP contribution in [0.25, 0.3) is 11.3 Å². The van der Waals surface area contributed by atoms with E-state index in [9.17, 15) is 10.1 Å². The summed E-state index contributed by atoms with van der Waals surface area (Å²) >= 11 is 6.19. The highest BCUT2D eigenvalue weighted by Crippen LogP contribution is 2.30. The fourth-order valence-electron chi connectivity index (χ4n) is 1.87. The fraction of sp³-hybridized carbons (Fsp3) is 0.333. The molecule has 0 radical (unpaired) electrons. The molecule has 0 fully saturated rings. The number of non-ortho nitro benzene ring substituents is 1. The number of aromatic nitrogens is 2. The van der Waals surface area contributed by atoms with Crippen LogP contribution in [0.5, 0.6) is 0 Å². The zero-order valence-corrected chi connectivity index (χ0v) is 13.1. The molecule has 0 spiro atoms. The Hall–Kier alpha value is -2.01. The van der Waals surface area contributed by atoms with Crippen molar-refractivity contribution in [2.24, 2.45) is 0 Å². The van der Waals surface area contributed by atoms with E-state index < -0.39 is 4.92 Å². The maximum atomic E-state index is 10.9. The van der Waals surface area contributed by atoms with Crippen LogP contribution in [0.15, 0.2) is 24.3 Å². The zero-order valence-electron chi connectivity index (χ0n) is 12.3. The van der Waals surface area contributed by atoms with E-state index in [2.05, 4.69) is 9.97 Å². The van der Waals surface area contributed by atoms with Gasteiger partial charge in [0.1, 0.15) is 11.0 Å². The van der Waals surface area contributed by atoms with Gasteiger partial charge in [-0.1, -0.05) is 44.5 Å². The average Bonchev–Trinajstić information content (AvgIpc) is 2.40. The highest BCUT2D eigenvalue weighted by Gasteiger charge is 2.21. The molecule has 6 heteroatoms. The van der Waals surface area contributed by atoms with Crippen LogP contribution in [0.1, 0.15) is 32.2 Å². The molecule has 2 aromatic rings. The molecule has 0 aliphatic heterocycles. The van der Waals surface area contributed by atoms with Gasteiger partial charge in [0.05, 0.1) is 10.6 Å². The molecule has 110 valence electrons. The Morgan fingerprint density at radius 2 is 1.90 bits per heavy atom. The number of nitrogens with zero attached hydrogens (tertiary/aromatic N) is 3. The summed E-state index contributed by atoms with van der Waals surface area (Å²) < 4.78 is 0. The molecule has 0 N–H and O–H groups in total. The summed E-state index contributed by atoms with van der Waals surface area (Å²) in [6.45, 7) is 7.78. The van der Waals surface area contributed by atoms with Crippen molar-refractivity contribution in [1.82, 2.24) is 9.97 Å². The second-order valence-electron chi connectivity index (χ2n) is 5.87. The summed E-state index contributed by atoms with van der Waals surface area (Å²) in [5.74, 6) is 0.611. The maximum absolute atomic E-state index is 10.9. The van der Waals surface area contributed by atoms with E-state index in [4.69, 9.17) is 11.6 Å². The number of rotatable bonds is 2. The lowest BCUT2D eigenvalue weighted by Gasteiger charge is -2.19. The SMILES string of the molecule is Cc1c(Cl)nc(C(C)(C)C)nc1-c1cccc([N+](=O)[O-])c1. The Labute approximate surface area is 128 Å². The van der Waals surface area contributed by atoms with Crippen LogP contribution in [0.4, 0.5) is 5.69 Å². The number of benzene rings is 1. The number of nitro benzene ring substituents is 1. The van der Waals surface area contributed by atoms with Gasteiger partial charge < -0.3 is 0 Å². The number of hydrogen-bond acceptors (Lipinski definition) is 4. The van der Waals surface area contributed by atoms with Gasteiger partial charge in [-0.05, 0) is 6.92 Å². The van der Waals surface area contributed by atoms with E-state index >= 15 is 0 Å². The van der Waals surface area contributed by atoms with E-state index in [0.717, 1.165) is 0 Å². The van der Waals surface area contributed by atoms with Gasteiger partial charge in [-0.25, -0.2) is 9.97 Å². The van der Waals surface area contributed by atoms with Crippen molar-refractivity contribution in [2.45, 2.75) is 33.1 Å². The van der Waals surface area contributed by atoms with Crippen molar-refractivity contribution in [1.29, 1.82) is 0 Å². The van der Waals surface area contributed by atoms with Crippen molar-refractivity contribution >= 4 is 17.3 Å². The molecule has 0 unspecified atom stereocenters. The second-order valence-corrected chi connectivity index (χ2v) is 6.23. The minimum Gasteiger partial charge on any atom is -0.258 e. The topological polar surface area (TPSA) is 68.9 Å². The van der Waals surface area contributed by atoms with Crippen molar-refractivity contribution in [3.63, 3.8) is 0 Å². The summed E-state index contributed by atoms with van der Waals surface area (Å²) in [7, 11) is 0. The van der Waals surface area contributed by atoms with E-state index in [1.165, 1.54) is 12.1 Å². The lowest BCUT2D eigenvalue weighted by atomic mass is 9.95. The minimum atomic E-state index is -0.424. The summed E-state index contributed by atoms with van der Waals surface area (Å²) in [5, 5.41) is 11.3. The van der Waals surface area contributed by atoms with Crippen molar-refractivity contribution in [2.75, 3.05) is 0 Å². The van der Waals surface area contributed by atoms with Crippen LogP contribution in [-0.4, -0.2) is 14.9 Å². The fourth-order valence-corrected chi connectivity index (χ4v) is 2.04. The van der Waals surface area contributed by atoms with Gasteiger partial charge in [0, 0.05) is 28.7 Å². The molecule has 0 aliphatic carbocycles. The molecule has 0 amide bonds. The number of halogens is 1. The predicted octanol–water partition coefficient (Wildman–Crippen LogP) is 4.31. The Bertz CT molecular complexity index is 709. The highest BCUT2D eigenvalue weighted by atomic mass is 35.5. The number of nitro groups is 1. The van der Waals surface area contributed by atoms with Crippen molar-refractivity contribution in [3.8, 4) is 11.3 Å². The van der Waals surface area contributed by atoms with Gasteiger partial charge in [0.2, 0.25) is 0 Å². The van der Waals surface area contributed by atoms with E-state index in [1.807, 2.05) is 27.7 Å². The molecule has 0 saturated carbocycles. The lowest BCUT2D eigenvalue weighted by molar-refractivity contribution is -0.384. The lowest BCUT2D eigenvalue weighted by Crippen LogP contribution is -2.17. The first-order valence-corrected chi connectivity index (χ1v) is 6.87. The molecule has 0 saturated heterocycles. The van der Waals surface area contributed by atoms with E-state index in [1.54, 1.807) is 12.1 Å². The minimum absolute atomic E-state index is 0.0268. The smallest absolute Gasteiger partial charge is 0.258 e. The molecule has 1 aromatic carbocycles. The third kappa shape index (κ3) is 3.19. The molecule has 2 rings (SSSR count). The third-order valence-corrected chi connectivity index (χ3v) is 3.46. The van der Waals surface area contributed by atoms with E-state index in [0.29, 0.717) is 27.8 Å². The number of hydrogen-bond donors (Lipinski definition) is 0. The van der Waals surface area contributed by atoms with Gasteiger partial charge in [0.15, 0.2) is 0 Å². The largest absolute Gasteiger partial charge is 0.270 e. The van der Waals surface area contributed by atoms with Gasteiger partial charge in [-0.15, -0.1) is 0 Å². The monoisotopic (exact) mass is 305 g/mol. The summed E-state index contributed by atoms with van der Waals surface area (Å²) in [6.07, 6.45) is 0. The van der Waals surface area contributed by atoms with Crippen LogP contribution in [0.2, 0.25) is 5.15 Å². The van der Waals surface area contributed by atoms with Crippen molar-refractivity contribution in [3.05, 3.63) is 50.9 Å². The normalized spacial score (nSPS) is 11.5. The first kappa shape index (κ1) is 15.4. The standard InChI is InChI=1S/C15H16ClN3O2/c1-9-12(10-6-5-7-11(8-10)19(20)21)17-14(15(2,3)4)18-13(9)16/h5-8H,1-4H3. The molecule has 1 aromatic heterocycles. The van der Waals surface area contributed by atoms with Gasteiger partial charge in [-0.2, -0.15) is 0 Å². The maximum Gasteiger partial charge on any atom is 0.270 e. The third-order valence-electron chi connectivity index (χ3n) is 3.09. The summed E-state index contributed by atoms with van der Waals surface area (Å²) in [5.41, 5.74) is 1.77. The molecule has 21 heavy (non-hydrogen) atoms. The van der Waals surface area contributed by atoms with Crippen LogP contribution < -0.4 is 0 Å². The molecule has 0 aliphatic rings. The Morgan fingerprint density at radius 3 is 2.48 bits per heavy atom. The molecule has 0 bridgehead atoms. The van der Waals surface area contributed by atoms with Gasteiger partial charge in [0.25, 0.3) is 5.69 Å². The van der Waals surface area contributed by atoms with Crippen LogP contribution in [0.3, 0.4) is 0 Å². The van der Waals surface area contributed by atoms with Crippen LogP contribution >= 0.6 is 11.6 Å². The first-order chi connectivity index (χ1) is 9.70. The van der Waals surface area contributed by atoms with Crippen molar-refractivity contribution < 1.29 is 4.92 Å². The summed E-state index contributed by atoms with van der Waals surface area (Å²) in [6, 6.07) is 6.37. The van der Waals surface area contributed by atoms with Crippen LogP contribution in [0, 0.1) is 17.0 Å². The quantitative estimate of drug-likeness (QED) is 0.471. The van der Waals surface area contributed by atoms with Gasteiger partial charge in [-0.3, -0.25) is 10.1 Å². The molecule has 0 atom stereocenters. The van der Waals surface area contributed by atoms with E-state index in [-0.39, 0.29) is 11.1 Å². The highest BCUT2D eigenvalue weighted by molar-refractivity contribution is 6.30. The first-order valence-electron chi connectivity index (χ1n) is 6.49. The molecular weight excluding hydrogens is 290 g/mol. The second kappa shape index (κ2) is 5.41. The van der Waals surface area contributed by atoms with Crippen LogP contribution in [-0.2, 0) is 5.41 Å². The Morgan fingerprint density at radius 1 is 1.24 bits per heavy atom. The molecule has 5 nitrogen and oxygen atoms in total. The van der Waals surface area contributed by atoms with Gasteiger partial charge >= 0.3 is 0 Å². The summed E-state index contributed by atoms with van der Waals surface area (Å²) in [4.78, 5) is 19.4. The Kier molecular flexibility index (Phi) is 3.96.